The monoisotopic (exact) mass is 452 g/mol. The molecule has 0 radical (unpaired) electrons. The Labute approximate surface area is 159 Å². The predicted molar refractivity (Wildman–Crippen MR) is 89.7 cm³/mol. The number of ether oxygens (including phenoxy) is 1. The number of ketones is 1. The zero-order valence-corrected chi connectivity index (χ0v) is 15.9. The summed E-state index contributed by atoms with van der Waals surface area (Å²) in [5.41, 5.74) is 0. The largest absolute Gasteiger partial charge is 0.365 e. The third-order valence-electron chi connectivity index (χ3n) is 2.16. The Morgan fingerprint density at radius 1 is 1.19 bits per heavy atom. The van der Waals surface area contributed by atoms with Crippen LogP contribution in [-0.4, -0.2) is 30.9 Å². The summed E-state index contributed by atoms with van der Waals surface area (Å²) < 4.78 is 1.27. The van der Waals surface area contributed by atoms with Crippen LogP contribution in [-0.2, 0) is 4.74 Å². The number of carbonyl (C=O) groups excluding carboxylic acids is 1. The quantitative estimate of drug-likeness (QED) is 0.367. The fraction of sp³-hybridized carbons (Fsp3) is 0.500. The first-order valence-corrected chi connectivity index (χ1v) is 8.63. The van der Waals surface area contributed by atoms with Gasteiger partial charge in [0.25, 0.3) is 0 Å². The zero-order chi connectivity index (χ0) is 16.4. The molecule has 0 saturated heterocycles. The van der Waals surface area contributed by atoms with E-state index in [1.165, 1.54) is 6.07 Å². The first kappa shape index (κ1) is 20.4. The summed E-state index contributed by atoms with van der Waals surface area (Å²) in [7, 11) is 0. The van der Waals surface area contributed by atoms with E-state index in [0.29, 0.717) is 9.21 Å². The molecule has 11 heteroatoms. The molecule has 1 aromatic heterocycles. The van der Waals surface area contributed by atoms with Crippen molar-refractivity contribution in [3.05, 3.63) is 21.3 Å². The van der Waals surface area contributed by atoms with Gasteiger partial charge < -0.3 is 9.84 Å². The molecule has 2 atom stereocenters. The van der Waals surface area contributed by atoms with Gasteiger partial charge in [-0.2, -0.15) is 0 Å². The average molecular weight is 455 g/mol. The molecule has 1 aromatic rings. The van der Waals surface area contributed by atoms with Gasteiger partial charge in [0.15, 0.2) is 5.78 Å². The Balaban J connectivity index is 2.82. The number of thiophene rings is 1. The molecule has 1 N–H and O–H groups in total. The summed E-state index contributed by atoms with van der Waals surface area (Å²) in [6.07, 6.45) is -3.53. The number of alkyl halides is 6. The third kappa shape index (κ3) is 6.76. The molecule has 0 aliphatic carbocycles. The van der Waals surface area contributed by atoms with E-state index in [-0.39, 0.29) is 12.2 Å². The highest BCUT2D eigenvalue weighted by atomic mass is 35.6. The highest BCUT2D eigenvalue weighted by molar-refractivity contribution is 7.18. The minimum Gasteiger partial charge on any atom is -0.365 e. The summed E-state index contributed by atoms with van der Waals surface area (Å²) in [5.74, 6) is -0.389. The van der Waals surface area contributed by atoms with E-state index < -0.39 is 20.0 Å². The molecule has 0 fully saturated rings. The maximum atomic E-state index is 12.1. The normalized spacial score (nSPS) is 15.8. The number of hydrogen-bond donors (Lipinski definition) is 1. The molecule has 0 saturated carbocycles. The van der Waals surface area contributed by atoms with E-state index in [9.17, 15) is 9.90 Å². The molecule has 0 aromatic carbocycles. The third-order valence-corrected chi connectivity index (χ3v) is 4.72. The summed E-state index contributed by atoms with van der Waals surface area (Å²) in [4.78, 5) is 12.4. The summed E-state index contributed by atoms with van der Waals surface area (Å²) >= 11 is 40.3. The molecule has 0 spiro atoms. The lowest BCUT2D eigenvalue weighted by Crippen LogP contribution is -2.39. The zero-order valence-electron chi connectivity index (χ0n) is 9.83. The van der Waals surface area contributed by atoms with E-state index in [4.69, 9.17) is 85.9 Å². The van der Waals surface area contributed by atoms with E-state index in [1.807, 2.05) is 0 Å². The second-order valence-electron chi connectivity index (χ2n) is 3.79. The Morgan fingerprint density at radius 2 is 1.76 bits per heavy atom. The fourth-order valence-electron chi connectivity index (χ4n) is 1.21. The smallest absolute Gasteiger partial charge is 0.240 e. The van der Waals surface area contributed by atoms with Gasteiger partial charge >= 0.3 is 0 Å². The van der Waals surface area contributed by atoms with Crippen molar-refractivity contribution in [1.82, 2.24) is 0 Å². The van der Waals surface area contributed by atoms with E-state index in [2.05, 4.69) is 0 Å². The molecule has 0 unspecified atom stereocenters. The van der Waals surface area contributed by atoms with Crippen LogP contribution in [0.15, 0.2) is 12.1 Å². The van der Waals surface area contributed by atoms with Gasteiger partial charge in [-0.1, -0.05) is 81.2 Å². The minimum atomic E-state index is -2.15. The van der Waals surface area contributed by atoms with Crippen LogP contribution in [0.1, 0.15) is 16.1 Å². The Bertz CT molecular complexity index is 494. The van der Waals surface area contributed by atoms with Gasteiger partial charge in [-0.15, -0.1) is 11.3 Å². The van der Waals surface area contributed by atoms with Crippen molar-refractivity contribution in [2.45, 2.75) is 26.4 Å². The van der Waals surface area contributed by atoms with Crippen molar-refractivity contribution in [1.29, 1.82) is 0 Å². The van der Waals surface area contributed by atoms with Gasteiger partial charge in [0.1, 0.15) is 6.10 Å². The maximum Gasteiger partial charge on any atom is 0.240 e. The van der Waals surface area contributed by atoms with Crippen molar-refractivity contribution < 1.29 is 14.6 Å². The van der Waals surface area contributed by atoms with Crippen molar-refractivity contribution in [2.75, 3.05) is 0 Å². The maximum absolute atomic E-state index is 12.1. The topological polar surface area (TPSA) is 46.5 Å². The van der Waals surface area contributed by atoms with Crippen molar-refractivity contribution in [3.63, 3.8) is 0 Å². The summed E-state index contributed by atoms with van der Waals surface area (Å²) in [6, 6.07) is 3.08. The Morgan fingerprint density at radius 3 is 2.14 bits per heavy atom. The Hall–Kier alpha value is 1.32. The van der Waals surface area contributed by atoms with Crippen LogP contribution in [0.3, 0.4) is 0 Å². The fourth-order valence-corrected chi connectivity index (χ4v) is 2.74. The summed E-state index contributed by atoms with van der Waals surface area (Å²) in [5, 5.41) is 9.58. The first-order chi connectivity index (χ1) is 9.41. The molecule has 0 aliphatic heterocycles. The van der Waals surface area contributed by atoms with E-state index in [1.54, 1.807) is 6.07 Å². The van der Waals surface area contributed by atoms with Gasteiger partial charge in [-0.05, 0) is 12.1 Å². The number of carbonyl (C=O) groups is 1. The minimum absolute atomic E-state index is 0.342. The van der Waals surface area contributed by atoms with Crippen LogP contribution in [0.4, 0.5) is 0 Å². The van der Waals surface area contributed by atoms with Crippen molar-refractivity contribution in [2.24, 2.45) is 0 Å². The molecular formula is C10H7Cl7O3S. The van der Waals surface area contributed by atoms with Gasteiger partial charge in [-0.3, -0.25) is 4.79 Å². The average Bonchev–Trinajstić information content (AvgIpc) is 2.72. The highest BCUT2D eigenvalue weighted by Crippen LogP contribution is 2.39. The first-order valence-electron chi connectivity index (χ1n) is 5.16. The van der Waals surface area contributed by atoms with Gasteiger partial charge in [0, 0.05) is 6.42 Å². The van der Waals surface area contributed by atoms with E-state index >= 15 is 0 Å². The van der Waals surface area contributed by atoms with Gasteiger partial charge in [0.2, 0.25) is 13.9 Å². The molecular weight excluding hydrogens is 448 g/mol. The molecule has 0 aliphatic rings. The SMILES string of the molecule is O=C(C[C@H](O[C@@H](O)C(Cl)(Cl)Cl)C(Cl)(Cl)Cl)c1ccc(Cl)s1. The standard InChI is InChI=1S/C10H7Cl7O3S/c11-7-2-1-5(21-7)4(18)3-6(9(12,13)14)20-8(19)10(15,16)17/h1-2,6,8,19H,3H2/t6-,8+/m0/s1. The van der Waals surface area contributed by atoms with Crippen LogP contribution >= 0.6 is 92.5 Å². The number of rotatable bonds is 5. The van der Waals surface area contributed by atoms with Crippen LogP contribution in [0.25, 0.3) is 0 Å². The van der Waals surface area contributed by atoms with Crippen molar-refractivity contribution >= 4 is 98.3 Å². The highest BCUT2D eigenvalue weighted by Gasteiger charge is 2.42. The summed E-state index contributed by atoms with van der Waals surface area (Å²) in [6.45, 7) is 0. The number of hydrogen-bond acceptors (Lipinski definition) is 4. The van der Waals surface area contributed by atoms with Crippen LogP contribution in [0.2, 0.25) is 4.34 Å². The lowest BCUT2D eigenvalue weighted by atomic mass is 10.1. The molecule has 1 rings (SSSR count). The molecule has 3 nitrogen and oxygen atoms in total. The second-order valence-corrected chi connectivity index (χ2v) is 10.2. The van der Waals surface area contributed by atoms with Crippen LogP contribution in [0, 0.1) is 0 Å². The van der Waals surface area contributed by atoms with Crippen LogP contribution < -0.4 is 0 Å². The lowest BCUT2D eigenvalue weighted by Gasteiger charge is -2.29. The van der Waals surface area contributed by atoms with Gasteiger partial charge in [0.05, 0.1) is 9.21 Å². The number of halogens is 7. The van der Waals surface area contributed by atoms with Crippen molar-refractivity contribution in [3.8, 4) is 0 Å². The van der Waals surface area contributed by atoms with E-state index in [0.717, 1.165) is 11.3 Å². The number of aliphatic hydroxyl groups is 1. The predicted octanol–water partition coefficient (Wildman–Crippen LogP) is 5.42. The Kier molecular flexibility index (Phi) is 7.69. The lowest BCUT2D eigenvalue weighted by molar-refractivity contribution is -0.130. The number of aliphatic hydroxyl groups excluding tert-OH is 1. The molecule has 120 valence electrons. The second kappa shape index (κ2) is 7.93. The number of Topliss-reactive ketones (excluding diaryl/α,β-unsaturated/α-hetero) is 1. The molecule has 0 amide bonds. The molecule has 1 heterocycles. The molecule has 21 heavy (non-hydrogen) atoms. The van der Waals surface area contributed by atoms with Crippen LogP contribution in [0.5, 0.6) is 0 Å². The molecule has 0 bridgehead atoms. The van der Waals surface area contributed by atoms with Gasteiger partial charge in [-0.25, -0.2) is 0 Å².